The lowest BCUT2D eigenvalue weighted by Gasteiger charge is -2.31. The molecule has 7 heteroatoms. The monoisotopic (exact) mass is 410 g/mol. The van der Waals surface area contributed by atoms with Gasteiger partial charge in [0.05, 0.1) is 10.1 Å². The van der Waals surface area contributed by atoms with E-state index in [0.29, 0.717) is 6.04 Å². The van der Waals surface area contributed by atoms with Crippen LogP contribution in [0.3, 0.4) is 0 Å². The second kappa shape index (κ2) is 7.37. The fourth-order valence-electron chi connectivity index (χ4n) is 3.78. The van der Waals surface area contributed by atoms with Crippen molar-refractivity contribution < 1.29 is 4.79 Å². The van der Waals surface area contributed by atoms with Crippen LogP contribution in [-0.2, 0) is 11.2 Å². The number of carbonyl (C=O) groups is 1. The largest absolute Gasteiger partial charge is 0.311 e. The molecule has 0 saturated heterocycles. The number of aromatic nitrogens is 3. The lowest BCUT2D eigenvalue weighted by molar-refractivity contribution is -0.117. The maximum absolute atomic E-state index is 13.2. The summed E-state index contributed by atoms with van der Waals surface area (Å²) >= 11 is 3.22. The molecule has 1 atom stereocenters. The van der Waals surface area contributed by atoms with Crippen molar-refractivity contribution in [2.24, 2.45) is 0 Å². The number of thioether (sulfide) groups is 1. The van der Waals surface area contributed by atoms with Gasteiger partial charge in [0.15, 0.2) is 11.0 Å². The van der Waals surface area contributed by atoms with Gasteiger partial charge in [0, 0.05) is 18.3 Å². The molecule has 3 heterocycles. The maximum atomic E-state index is 13.2. The molecule has 28 heavy (non-hydrogen) atoms. The van der Waals surface area contributed by atoms with Crippen molar-refractivity contribution in [3.05, 3.63) is 47.3 Å². The van der Waals surface area contributed by atoms with Crippen LogP contribution in [0, 0.1) is 0 Å². The molecule has 5 rings (SSSR count). The van der Waals surface area contributed by atoms with E-state index in [2.05, 4.69) is 44.4 Å². The molecule has 1 unspecified atom stereocenters. The molecule has 1 fully saturated rings. The van der Waals surface area contributed by atoms with Crippen LogP contribution in [0.2, 0.25) is 0 Å². The molecular formula is C21H22N4OS2. The van der Waals surface area contributed by atoms with Crippen LogP contribution in [0.1, 0.15) is 37.8 Å². The van der Waals surface area contributed by atoms with E-state index in [-0.39, 0.29) is 11.2 Å². The highest BCUT2D eigenvalue weighted by atomic mass is 32.2. The summed E-state index contributed by atoms with van der Waals surface area (Å²) in [6.07, 6.45) is 4.38. The zero-order valence-electron chi connectivity index (χ0n) is 15.7. The molecule has 1 aliphatic carbocycles. The van der Waals surface area contributed by atoms with E-state index in [0.717, 1.165) is 53.8 Å². The first-order valence-electron chi connectivity index (χ1n) is 9.77. The molecule has 0 bridgehead atoms. The average Bonchev–Trinajstić information content (AvgIpc) is 3.24. The van der Waals surface area contributed by atoms with Gasteiger partial charge < -0.3 is 4.90 Å². The van der Waals surface area contributed by atoms with Gasteiger partial charge in [-0.15, -0.1) is 21.5 Å². The SMILES string of the molecule is CC(Sc1nnc(-c2cccs2)n1C1CC1)C(=O)N1CCCc2ccccc21. The van der Waals surface area contributed by atoms with Crippen LogP contribution in [-0.4, -0.2) is 32.5 Å². The van der Waals surface area contributed by atoms with E-state index in [1.54, 1.807) is 11.3 Å². The van der Waals surface area contributed by atoms with Crippen molar-refractivity contribution >= 4 is 34.7 Å². The van der Waals surface area contributed by atoms with Crippen molar-refractivity contribution in [2.75, 3.05) is 11.4 Å². The van der Waals surface area contributed by atoms with Crippen LogP contribution >= 0.6 is 23.1 Å². The third kappa shape index (κ3) is 3.26. The predicted octanol–water partition coefficient (Wildman–Crippen LogP) is 4.80. The lowest BCUT2D eigenvalue weighted by atomic mass is 10.0. The third-order valence-electron chi connectivity index (χ3n) is 5.32. The Morgan fingerprint density at radius 3 is 2.86 bits per heavy atom. The molecule has 1 aliphatic heterocycles. The Bertz CT molecular complexity index is 994. The summed E-state index contributed by atoms with van der Waals surface area (Å²) in [5.74, 6) is 1.09. The van der Waals surface area contributed by atoms with Crippen LogP contribution in [0.15, 0.2) is 46.9 Å². The number of hydrogen-bond donors (Lipinski definition) is 0. The molecule has 0 spiro atoms. The smallest absolute Gasteiger partial charge is 0.240 e. The van der Waals surface area contributed by atoms with E-state index in [4.69, 9.17) is 0 Å². The standard InChI is InChI=1S/C21H22N4OS2/c1-14(20(26)24-12-4-7-15-6-2-3-8-17(15)24)28-21-23-22-19(18-9-5-13-27-18)25(21)16-10-11-16/h2-3,5-6,8-9,13-14,16H,4,7,10-12H2,1H3. The van der Waals surface area contributed by atoms with Crippen LogP contribution < -0.4 is 4.90 Å². The zero-order valence-corrected chi connectivity index (χ0v) is 17.4. The molecule has 3 aromatic rings. The lowest BCUT2D eigenvalue weighted by Crippen LogP contribution is -2.40. The van der Waals surface area contributed by atoms with Crippen LogP contribution in [0.5, 0.6) is 0 Å². The van der Waals surface area contributed by atoms with Crippen molar-refractivity contribution in [3.8, 4) is 10.7 Å². The Morgan fingerprint density at radius 2 is 2.07 bits per heavy atom. The van der Waals surface area contributed by atoms with Crippen LogP contribution in [0.25, 0.3) is 10.7 Å². The van der Waals surface area contributed by atoms with E-state index >= 15 is 0 Å². The number of para-hydroxylation sites is 1. The maximum Gasteiger partial charge on any atom is 0.240 e. The van der Waals surface area contributed by atoms with E-state index in [1.165, 1.54) is 17.3 Å². The minimum absolute atomic E-state index is 0.153. The summed E-state index contributed by atoms with van der Waals surface area (Å²) in [7, 11) is 0. The number of aryl methyl sites for hydroxylation is 1. The summed E-state index contributed by atoms with van der Waals surface area (Å²) in [4.78, 5) is 16.3. The second-order valence-corrected chi connectivity index (χ2v) is 9.62. The van der Waals surface area contributed by atoms with E-state index in [1.807, 2.05) is 24.0 Å². The van der Waals surface area contributed by atoms with Gasteiger partial charge in [-0.05, 0) is 55.7 Å². The molecule has 2 aliphatic rings. The van der Waals surface area contributed by atoms with Gasteiger partial charge in [0.2, 0.25) is 5.91 Å². The summed E-state index contributed by atoms with van der Waals surface area (Å²) in [5.41, 5.74) is 2.33. The van der Waals surface area contributed by atoms with Crippen LogP contribution in [0.4, 0.5) is 5.69 Å². The average molecular weight is 411 g/mol. The number of hydrogen-bond acceptors (Lipinski definition) is 5. The van der Waals surface area contributed by atoms with E-state index < -0.39 is 0 Å². The van der Waals surface area contributed by atoms with Crippen molar-refractivity contribution in [2.45, 2.75) is 49.1 Å². The third-order valence-corrected chi connectivity index (χ3v) is 7.23. The van der Waals surface area contributed by atoms with Gasteiger partial charge in [-0.1, -0.05) is 36.0 Å². The number of carbonyl (C=O) groups excluding carboxylic acids is 1. The molecular weight excluding hydrogens is 388 g/mol. The van der Waals surface area contributed by atoms with Gasteiger partial charge in [0.1, 0.15) is 0 Å². The number of benzene rings is 1. The Kier molecular flexibility index (Phi) is 4.72. The Morgan fingerprint density at radius 1 is 1.21 bits per heavy atom. The van der Waals surface area contributed by atoms with Gasteiger partial charge in [-0.2, -0.15) is 0 Å². The zero-order chi connectivity index (χ0) is 19.1. The number of anilines is 1. The highest BCUT2D eigenvalue weighted by Crippen LogP contribution is 2.42. The van der Waals surface area contributed by atoms with Crippen molar-refractivity contribution in [1.82, 2.24) is 14.8 Å². The molecule has 1 amide bonds. The molecule has 144 valence electrons. The summed E-state index contributed by atoms with van der Waals surface area (Å²) in [6, 6.07) is 12.8. The number of nitrogens with zero attached hydrogens (tertiary/aromatic N) is 4. The van der Waals surface area contributed by atoms with Gasteiger partial charge in [-0.25, -0.2) is 0 Å². The quantitative estimate of drug-likeness (QED) is 0.567. The minimum Gasteiger partial charge on any atom is -0.311 e. The first-order valence-corrected chi connectivity index (χ1v) is 11.5. The predicted molar refractivity (Wildman–Crippen MR) is 114 cm³/mol. The fraction of sp³-hybridized carbons (Fsp3) is 0.381. The molecule has 5 nitrogen and oxygen atoms in total. The Labute approximate surface area is 172 Å². The van der Waals surface area contributed by atoms with Gasteiger partial charge in [0.25, 0.3) is 0 Å². The van der Waals surface area contributed by atoms with Crippen molar-refractivity contribution in [3.63, 3.8) is 0 Å². The summed E-state index contributed by atoms with van der Waals surface area (Å²) < 4.78 is 2.24. The number of amides is 1. The first-order chi connectivity index (χ1) is 13.7. The second-order valence-electron chi connectivity index (χ2n) is 7.37. The Hall–Kier alpha value is -2.12. The van der Waals surface area contributed by atoms with Gasteiger partial charge in [-0.3, -0.25) is 9.36 Å². The molecule has 1 saturated carbocycles. The molecule has 2 aromatic heterocycles. The summed E-state index contributed by atoms with van der Waals surface area (Å²) in [5, 5.41) is 11.6. The number of rotatable bonds is 5. The topological polar surface area (TPSA) is 51.0 Å². The molecule has 0 N–H and O–H groups in total. The fourth-order valence-corrected chi connectivity index (χ4v) is 5.47. The summed E-state index contributed by atoms with van der Waals surface area (Å²) in [6.45, 7) is 2.78. The molecule has 0 radical (unpaired) electrons. The Balaban J connectivity index is 1.39. The number of fused-ring (bicyclic) bond motifs is 1. The minimum atomic E-state index is -0.205. The molecule has 1 aromatic carbocycles. The van der Waals surface area contributed by atoms with E-state index in [9.17, 15) is 4.79 Å². The normalized spacial score (nSPS) is 17.4. The highest BCUT2D eigenvalue weighted by molar-refractivity contribution is 8.00. The number of thiophene rings is 1. The van der Waals surface area contributed by atoms with Gasteiger partial charge >= 0.3 is 0 Å². The first kappa shape index (κ1) is 17.9. The highest BCUT2D eigenvalue weighted by Gasteiger charge is 2.33. The van der Waals surface area contributed by atoms with Crippen molar-refractivity contribution in [1.29, 1.82) is 0 Å².